The Balaban J connectivity index is 2.16. The van der Waals surface area contributed by atoms with Crippen LogP contribution in [0.5, 0.6) is 5.75 Å². The molecule has 0 aliphatic carbocycles. The Morgan fingerprint density at radius 2 is 2.00 bits per heavy atom. The molecule has 0 saturated heterocycles. The van der Waals surface area contributed by atoms with Crippen LogP contribution in [-0.4, -0.2) is 17.1 Å². The van der Waals surface area contributed by atoms with Crippen LogP contribution in [0.25, 0.3) is 0 Å². The van der Waals surface area contributed by atoms with Crippen LogP contribution in [0.2, 0.25) is 0 Å². The molecule has 5 heteroatoms. The molecule has 100 valence electrons. The first kappa shape index (κ1) is 13.7. The van der Waals surface area contributed by atoms with Crippen molar-refractivity contribution in [3.63, 3.8) is 0 Å². The van der Waals surface area contributed by atoms with Crippen molar-refractivity contribution >= 4 is 17.6 Å². The van der Waals surface area contributed by atoms with Crippen molar-refractivity contribution in [1.82, 2.24) is 9.97 Å². The Morgan fingerprint density at radius 3 is 2.68 bits per heavy atom. The minimum Gasteiger partial charge on any atom is -0.496 e. The summed E-state index contributed by atoms with van der Waals surface area (Å²) in [5.74, 6) is 2.15. The minimum absolute atomic E-state index is 0.506. The van der Waals surface area contributed by atoms with Crippen molar-refractivity contribution in [3.8, 4) is 5.75 Å². The zero-order chi connectivity index (χ0) is 13.8. The highest BCUT2D eigenvalue weighted by molar-refractivity contribution is 7.98. The molecule has 0 amide bonds. The molecule has 1 aromatic heterocycles. The van der Waals surface area contributed by atoms with Crippen LogP contribution in [0.1, 0.15) is 16.8 Å². The van der Waals surface area contributed by atoms with E-state index in [4.69, 9.17) is 10.5 Å². The lowest BCUT2D eigenvalue weighted by atomic mass is 10.1. The number of hydrogen-bond acceptors (Lipinski definition) is 5. The van der Waals surface area contributed by atoms with E-state index in [2.05, 4.69) is 23.0 Å². The molecule has 4 nitrogen and oxygen atoms in total. The van der Waals surface area contributed by atoms with E-state index in [-0.39, 0.29) is 0 Å². The van der Waals surface area contributed by atoms with E-state index in [0.29, 0.717) is 11.0 Å². The van der Waals surface area contributed by atoms with Gasteiger partial charge in [-0.3, -0.25) is 0 Å². The number of methoxy groups -OCH3 is 1. The number of thioether (sulfide) groups is 1. The third-order valence-corrected chi connectivity index (χ3v) is 3.54. The topological polar surface area (TPSA) is 61.0 Å². The first-order valence-electron chi connectivity index (χ1n) is 5.96. The summed E-state index contributed by atoms with van der Waals surface area (Å²) in [6.07, 6.45) is 0. The van der Waals surface area contributed by atoms with Gasteiger partial charge in [0.25, 0.3) is 0 Å². The van der Waals surface area contributed by atoms with Crippen molar-refractivity contribution in [1.29, 1.82) is 0 Å². The maximum Gasteiger partial charge on any atom is 0.190 e. The summed E-state index contributed by atoms with van der Waals surface area (Å²) in [4.78, 5) is 8.57. The lowest BCUT2D eigenvalue weighted by Crippen LogP contribution is -1.97. The van der Waals surface area contributed by atoms with Crippen molar-refractivity contribution in [3.05, 3.63) is 41.1 Å². The SMILES string of the molecule is COc1ccc(C)cc1CSc1nc(C)cc(N)n1. The molecule has 0 radical (unpaired) electrons. The molecular formula is C14H17N3OS. The Labute approximate surface area is 117 Å². The van der Waals surface area contributed by atoms with Gasteiger partial charge in [-0.1, -0.05) is 29.5 Å². The van der Waals surface area contributed by atoms with Crippen LogP contribution in [-0.2, 0) is 5.75 Å². The molecule has 1 aromatic carbocycles. The number of nitrogens with zero attached hydrogens (tertiary/aromatic N) is 2. The molecule has 2 aromatic rings. The molecule has 0 aliphatic rings. The molecule has 0 bridgehead atoms. The highest BCUT2D eigenvalue weighted by atomic mass is 32.2. The van der Waals surface area contributed by atoms with E-state index >= 15 is 0 Å². The number of ether oxygens (including phenoxy) is 1. The van der Waals surface area contributed by atoms with E-state index in [1.165, 1.54) is 5.56 Å². The fourth-order valence-electron chi connectivity index (χ4n) is 1.79. The maximum atomic E-state index is 5.72. The van der Waals surface area contributed by atoms with Crippen LogP contribution < -0.4 is 10.5 Å². The Kier molecular flexibility index (Phi) is 4.27. The number of rotatable bonds is 4. The maximum absolute atomic E-state index is 5.72. The molecule has 1 heterocycles. The summed E-state index contributed by atoms with van der Waals surface area (Å²) in [6, 6.07) is 7.90. The molecule has 2 N–H and O–H groups in total. The van der Waals surface area contributed by atoms with Gasteiger partial charge in [0.2, 0.25) is 0 Å². The number of nitrogen functional groups attached to an aromatic ring is 1. The molecule has 0 saturated carbocycles. The number of benzene rings is 1. The van der Waals surface area contributed by atoms with Gasteiger partial charge in [-0.25, -0.2) is 9.97 Å². The van der Waals surface area contributed by atoms with Crippen molar-refractivity contribution in [2.45, 2.75) is 24.8 Å². The van der Waals surface area contributed by atoms with Gasteiger partial charge in [-0.2, -0.15) is 0 Å². The molecule has 0 fully saturated rings. The van der Waals surface area contributed by atoms with Gasteiger partial charge in [0.1, 0.15) is 11.6 Å². The first-order chi connectivity index (χ1) is 9.08. The fraction of sp³-hybridized carbons (Fsp3) is 0.286. The quantitative estimate of drug-likeness (QED) is 0.686. The van der Waals surface area contributed by atoms with Gasteiger partial charge >= 0.3 is 0 Å². The van der Waals surface area contributed by atoms with Crippen LogP contribution in [0.4, 0.5) is 5.82 Å². The van der Waals surface area contributed by atoms with E-state index in [1.807, 2.05) is 19.1 Å². The van der Waals surface area contributed by atoms with Crippen LogP contribution in [0.3, 0.4) is 0 Å². The normalized spacial score (nSPS) is 10.5. The molecule has 2 rings (SSSR count). The Morgan fingerprint density at radius 1 is 1.21 bits per heavy atom. The predicted molar refractivity (Wildman–Crippen MR) is 78.5 cm³/mol. The van der Waals surface area contributed by atoms with Crippen molar-refractivity contribution in [2.75, 3.05) is 12.8 Å². The predicted octanol–water partition coefficient (Wildman–Crippen LogP) is 2.98. The molecule has 0 atom stereocenters. The summed E-state index contributed by atoms with van der Waals surface area (Å²) in [5, 5.41) is 0.695. The number of aromatic nitrogens is 2. The summed E-state index contributed by atoms with van der Waals surface area (Å²) in [7, 11) is 1.68. The second kappa shape index (κ2) is 5.93. The largest absolute Gasteiger partial charge is 0.496 e. The highest BCUT2D eigenvalue weighted by Crippen LogP contribution is 2.27. The lowest BCUT2D eigenvalue weighted by Gasteiger charge is -2.09. The van der Waals surface area contributed by atoms with Gasteiger partial charge in [-0.15, -0.1) is 0 Å². The average molecular weight is 275 g/mol. The monoisotopic (exact) mass is 275 g/mol. The zero-order valence-electron chi connectivity index (χ0n) is 11.3. The van der Waals surface area contributed by atoms with Crippen LogP contribution in [0.15, 0.2) is 29.4 Å². The van der Waals surface area contributed by atoms with E-state index in [0.717, 1.165) is 22.8 Å². The van der Waals surface area contributed by atoms with Gasteiger partial charge in [0, 0.05) is 23.1 Å². The number of hydrogen-bond donors (Lipinski definition) is 1. The number of aryl methyl sites for hydroxylation is 2. The molecule has 0 spiro atoms. The number of anilines is 1. The second-order valence-corrected chi connectivity index (χ2v) is 5.26. The van der Waals surface area contributed by atoms with Crippen LogP contribution >= 0.6 is 11.8 Å². The standard InChI is InChI=1S/C14H17N3OS/c1-9-4-5-12(18-3)11(6-9)8-19-14-16-10(2)7-13(15)17-14/h4-7H,8H2,1-3H3,(H2,15,16,17). The zero-order valence-corrected chi connectivity index (χ0v) is 12.1. The van der Waals surface area contributed by atoms with Crippen LogP contribution in [0, 0.1) is 13.8 Å². The van der Waals surface area contributed by atoms with Crippen molar-refractivity contribution in [2.24, 2.45) is 0 Å². The molecule has 0 unspecified atom stereocenters. The smallest absolute Gasteiger partial charge is 0.190 e. The summed E-state index contributed by atoms with van der Waals surface area (Å²) in [5.41, 5.74) is 8.94. The summed E-state index contributed by atoms with van der Waals surface area (Å²) >= 11 is 1.56. The van der Waals surface area contributed by atoms with E-state index in [9.17, 15) is 0 Å². The first-order valence-corrected chi connectivity index (χ1v) is 6.94. The van der Waals surface area contributed by atoms with Crippen molar-refractivity contribution < 1.29 is 4.74 Å². The third-order valence-electron chi connectivity index (χ3n) is 2.65. The lowest BCUT2D eigenvalue weighted by molar-refractivity contribution is 0.411. The fourth-order valence-corrected chi connectivity index (χ4v) is 2.68. The van der Waals surface area contributed by atoms with E-state index in [1.54, 1.807) is 24.9 Å². The Bertz CT molecular complexity index is 567. The average Bonchev–Trinajstić information content (AvgIpc) is 2.35. The summed E-state index contributed by atoms with van der Waals surface area (Å²) in [6.45, 7) is 3.98. The number of nitrogens with two attached hydrogens (primary N) is 1. The second-order valence-electron chi connectivity index (χ2n) is 4.32. The molecular weight excluding hydrogens is 258 g/mol. The third kappa shape index (κ3) is 3.61. The van der Waals surface area contributed by atoms with Gasteiger partial charge in [0.15, 0.2) is 5.16 Å². The highest BCUT2D eigenvalue weighted by Gasteiger charge is 2.06. The molecule has 0 aliphatic heterocycles. The molecule has 19 heavy (non-hydrogen) atoms. The minimum atomic E-state index is 0.506. The van der Waals surface area contributed by atoms with E-state index < -0.39 is 0 Å². The van der Waals surface area contributed by atoms with Gasteiger partial charge in [-0.05, 0) is 19.9 Å². The van der Waals surface area contributed by atoms with Gasteiger partial charge in [0.05, 0.1) is 7.11 Å². The summed E-state index contributed by atoms with van der Waals surface area (Å²) < 4.78 is 5.36. The Hall–Kier alpha value is -1.75. The van der Waals surface area contributed by atoms with Gasteiger partial charge < -0.3 is 10.5 Å².